The number of nitrogens with two attached hydrogens (primary N) is 1. The van der Waals surface area contributed by atoms with Crippen molar-refractivity contribution in [3.63, 3.8) is 0 Å². The molecule has 0 spiro atoms. The van der Waals surface area contributed by atoms with Crippen LogP contribution in [0.25, 0.3) is 10.9 Å². The van der Waals surface area contributed by atoms with Crippen molar-refractivity contribution >= 4 is 22.6 Å². The average Bonchev–Trinajstić information content (AvgIpc) is 2.71. The molecule has 0 bridgehead atoms. The largest absolute Gasteiger partial charge is 0.366 e. The van der Waals surface area contributed by atoms with Crippen molar-refractivity contribution in [2.45, 2.75) is 32.9 Å². The highest BCUT2D eigenvalue weighted by Gasteiger charge is 2.19. The van der Waals surface area contributed by atoms with Crippen LogP contribution in [-0.2, 0) is 0 Å². The van der Waals surface area contributed by atoms with Crippen LogP contribution in [-0.4, -0.2) is 39.9 Å². The zero-order valence-electron chi connectivity index (χ0n) is 16.6. The third-order valence-corrected chi connectivity index (χ3v) is 5.00. The highest BCUT2D eigenvalue weighted by Crippen LogP contribution is 2.27. The Morgan fingerprint density at radius 1 is 1.11 bits per heavy atom. The fraction of sp³-hybridized carbons (Fsp3) is 0.318. The molecule has 1 heterocycles. The van der Waals surface area contributed by atoms with Gasteiger partial charge in [-0.1, -0.05) is 43.3 Å². The van der Waals surface area contributed by atoms with Crippen LogP contribution in [0.15, 0.2) is 54.9 Å². The normalized spacial score (nSPS) is 12.5. The lowest BCUT2D eigenvalue weighted by Gasteiger charge is -2.31. The fourth-order valence-electron chi connectivity index (χ4n) is 3.43. The molecule has 2 aromatic carbocycles. The Morgan fingerprint density at radius 2 is 1.86 bits per heavy atom. The van der Waals surface area contributed by atoms with E-state index in [1.807, 2.05) is 24.3 Å². The number of amides is 1. The van der Waals surface area contributed by atoms with E-state index in [-0.39, 0.29) is 6.04 Å². The van der Waals surface area contributed by atoms with Gasteiger partial charge in [-0.3, -0.25) is 9.69 Å². The zero-order valence-corrected chi connectivity index (χ0v) is 16.6. The van der Waals surface area contributed by atoms with Gasteiger partial charge in [-0.05, 0) is 38.1 Å². The van der Waals surface area contributed by atoms with E-state index in [9.17, 15) is 4.79 Å². The lowest BCUT2D eigenvalue weighted by atomic mass is 10.0. The SMILES string of the molecule is CCN(C[C@@H](Nc1ncnc2c(C(N)=O)cccc12)c1ccccc1)C(C)C. The summed E-state index contributed by atoms with van der Waals surface area (Å²) in [6, 6.07) is 16.2. The second-order valence-electron chi connectivity index (χ2n) is 7.08. The molecule has 0 fully saturated rings. The van der Waals surface area contributed by atoms with Crippen LogP contribution < -0.4 is 11.1 Å². The summed E-state index contributed by atoms with van der Waals surface area (Å²) in [4.78, 5) is 22.9. The number of rotatable bonds is 8. The number of anilines is 1. The fourth-order valence-corrected chi connectivity index (χ4v) is 3.43. The minimum Gasteiger partial charge on any atom is -0.366 e. The number of fused-ring (bicyclic) bond motifs is 1. The third-order valence-electron chi connectivity index (χ3n) is 5.00. The Labute approximate surface area is 165 Å². The molecule has 0 aliphatic carbocycles. The van der Waals surface area contributed by atoms with Gasteiger partial charge in [0, 0.05) is 18.0 Å². The molecule has 3 N–H and O–H groups in total. The second kappa shape index (κ2) is 8.80. The van der Waals surface area contributed by atoms with E-state index in [0.29, 0.717) is 22.9 Å². The minimum absolute atomic E-state index is 0.0406. The van der Waals surface area contributed by atoms with Crippen LogP contribution in [0.4, 0.5) is 5.82 Å². The molecule has 28 heavy (non-hydrogen) atoms. The van der Waals surface area contributed by atoms with Gasteiger partial charge >= 0.3 is 0 Å². The van der Waals surface area contributed by atoms with Crippen LogP contribution in [0, 0.1) is 0 Å². The van der Waals surface area contributed by atoms with E-state index in [2.05, 4.69) is 53.1 Å². The molecule has 0 aliphatic rings. The van der Waals surface area contributed by atoms with Gasteiger partial charge in [-0.2, -0.15) is 0 Å². The summed E-state index contributed by atoms with van der Waals surface area (Å²) in [5, 5.41) is 4.36. The number of carbonyl (C=O) groups excluding carboxylic acids is 1. The summed E-state index contributed by atoms with van der Waals surface area (Å²) in [6.07, 6.45) is 1.47. The van der Waals surface area contributed by atoms with Crippen LogP contribution in [0.2, 0.25) is 0 Å². The molecule has 1 atom stereocenters. The maximum atomic E-state index is 11.8. The summed E-state index contributed by atoms with van der Waals surface area (Å²) < 4.78 is 0. The van der Waals surface area contributed by atoms with Gasteiger partial charge in [0.05, 0.1) is 17.1 Å². The van der Waals surface area contributed by atoms with Gasteiger partial charge in [0.2, 0.25) is 0 Å². The highest BCUT2D eigenvalue weighted by atomic mass is 16.1. The molecule has 0 radical (unpaired) electrons. The summed E-state index contributed by atoms with van der Waals surface area (Å²) in [5.41, 5.74) is 7.66. The quantitative estimate of drug-likeness (QED) is 0.626. The van der Waals surface area contributed by atoms with Crippen LogP contribution in [0.5, 0.6) is 0 Å². The third kappa shape index (κ3) is 4.28. The number of primary amides is 1. The summed E-state index contributed by atoms with van der Waals surface area (Å²) in [6.45, 7) is 8.36. The molecule has 146 valence electrons. The summed E-state index contributed by atoms with van der Waals surface area (Å²) >= 11 is 0. The molecular weight excluding hydrogens is 350 g/mol. The molecular formula is C22H27N5O. The van der Waals surface area contributed by atoms with Crippen molar-refractivity contribution in [2.75, 3.05) is 18.4 Å². The standard InChI is InChI=1S/C22H27N5O/c1-4-27(15(2)3)13-19(16-9-6-5-7-10-16)26-22-18-12-8-11-17(21(23)28)20(18)24-14-25-22/h5-12,14-15,19H,4,13H2,1-3H3,(H2,23,28)(H,24,25,26)/t19-/m1/s1. The van der Waals surface area contributed by atoms with Crippen LogP contribution in [0.3, 0.4) is 0 Å². The van der Waals surface area contributed by atoms with Gasteiger partial charge in [-0.25, -0.2) is 9.97 Å². The number of aromatic nitrogens is 2. The Morgan fingerprint density at radius 3 is 2.50 bits per heavy atom. The first-order valence-corrected chi connectivity index (χ1v) is 9.60. The van der Waals surface area contributed by atoms with Gasteiger partial charge in [0.1, 0.15) is 12.1 Å². The molecule has 3 rings (SSSR count). The van der Waals surface area contributed by atoms with Crippen molar-refractivity contribution in [2.24, 2.45) is 5.73 Å². The van der Waals surface area contributed by atoms with E-state index in [0.717, 1.165) is 18.5 Å². The molecule has 0 aliphatic heterocycles. The van der Waals surface area contributed by atoms with E-state index >= 15 is 0 Å². The molecule has 6 heteroatoms. The average molecular weight is 377 g/mol. The second-order valence-corrected chi connectivity index (χ2v) is 7.08. The van der Waals surface area contributed by atoms with Gasteiger partial charge in [0.25, 0.3) is 5.91 Å². The van der Waals surface area contributed by atoms with Crippen LogP contribution in [0.1, 0.15) is 42.7 Å². The summed E-state index contributed by atoms with van der Waals surface area (Å²) in [7, 11) is 0. The Balaban J connectivity index is 2.01. The van der Waals surface area contributed by atoms with Crippen molar-refractivity contribution in [3.8, 4) is 0 Å². The highest BCUT2D eigenvalue weighted by molar-refractivity contribution is 6.06. The first-order valence-electron chi connectivity index (χ1n) is 9.60. The van der Waals surface area contributed by atoms with Gasteiger partial charge in [-0.15, -0.1) is 0 Å². The molecule has 0 unspecified atom stereocenters. The maximum Gasteiger partial charge on any atom is 0.250 e. The van der Waals surface area contributed by atoms with Crippen molar-refractivity contribution in [1.29, 1.82) is 0 Å². The molecule has 1 amide bonds. The predicted molar refractivity (Wildman–Crippen MR) is 113 cm³/mol. The minimum atomic E-state index is -0.494. The first kappa shape index (κ1) is 19.8. The zero-order chi connectivity index (χ0) is 20.1. The molecule has 6 nitrogen and oxygen atoms in total. The number of para-hydroxylation sites is 1. The Bertz CT molecular complexity index is 942. The van der Waals surface area contributed by atoms with Gasteiger partial charge in [0.15, 0.2) is 0 Å². The number of carbonyl (C=O) groups is 1. The van der Waals surface area contributed by atoms with E-state index in [4.69, 9.17) is 5.73 Å². The number of hydrogen-bond acceptors (Lipinski definition) is 5. The summed E-state index contributed by atoms with van der Waals surface area (Å²) in [5.74, 6) is 0.202. The molecule has 1 aromatic heterocycles. The lowest BCUT2D eigenvalue weighted by Crippen LogP contribution is -2.36. The number of benzene rings is 2. The number of nitrogens with zero attached hydrogens (tertiary/aromatic N) is 3. The van der Waals surface area contributed by atoms with Crippen LogP contribution >= 0.6 is 0 Å². The first-order chi connectivity index (χ1) is 13.5. The smallest absolute Gasteiger partial charge is 0.250 e. The Hall–Kier alpha value is -2.99. The number of nitrogens with one attached hydrogen (secondary N) is 1. The van der Waals surface area contributed by atoms with Crippen molar-refractivity contribution in [1.82, 2.24) is 14.9 Å². The molecule has 3 aromatic rings. The predicted octanol–water partition coefficient (Wildman–Crippen LogP) is 3.61. The number of hydrogen-bond donors (Lipinski definition) is 2. The van der Waals surface area contributed by atoms with E-state index in [1.54, 1.807) is 12.1 Å². The monoisotopic (exact) mass is 377 g/mol. The lowest BCUT2D eigenvalue weighted by molar-refractivity contribution is 0.100. The van der Waals surface area contributed by atoms with Gasteiger partial charge < -0.3 is 11.1 Å². The van der Waals surface area contributed by atoms with Crippen molar-refractivity contribution < 1.29 is 4.79 Å². The maximum absolute atomic E-state index is 11.8. The topological polar surface area (TPSA) is 84.1 Å². The molecule has 0 saturated carbocycles. The molecule has 0 saturated heterocycles. The van der Waals surface area contributed by atoms with E-state index in [1.165, 1.54) is 11.9 Å². The number of likely N-dealkylation sites (N-methyl/N-ethyl adjacent to an activating group) is 1. The van der Waals surface area contributed by atoms with E-state index < -0.39 is 5.91 Å². The van der Waals surface area contributed by atoms with Crippen molar-refractivity contribution in [3.05, 3.63) is 66.0 Å². The Kier molecular flexibility index (Phi) is 6.21.